The molecule has 9 heteroatoms. The number of terminal acetylenes is 1. The number of para-hydroxylation sites is 1. The first-order valence-electron chi connectivity index (χ1n) is 11.3. The van der Waals surface area contributed by atoms with Crippen molar-refractivity contribution in [1.82, 2.24) is 10.2 Å². The van der Waals surface area contributed by atoms with E-state index in [1.54, 1.807) is 51.1 Å². The van der Waals surface area contributed by atoms with Gasteiger partial charge in [-0.3, -0.25) is 19.3 Å². The van der Waals surface area contributed by atoms with Gasteiger partial charge in [0.1, 0.15) is 17.7 Å². The molecule has 36 heavy (non-hydrogen) atoms. The largest absolute Gasteiger partial charge is 0.444 e. The third kappa shape index (κ3) is 7.60. The van der Waals surface area contributed by atoms with Gasteiger partial charge in [-0.1, -0.05) is 55.0 Å². The number of primary amides is 1. The van der Waals surface area contributed by atoms with E-state index in [4.69, 9.17) is 16.9 Å². The molecule has 0 aliphatic carbocycles. The lowest BCUT2D eigenvalue weighted by Crippen LogP contribution is -2.52. The normalized spacial score (nSPS) is 12.4. The number of hydrogen-bond acceptors (Lipinski definition) is 5. The molecule has 0 radical (unpaired) electrons. The van der Waals surface area contributed by atoms with Crippen molar-refractivity contribution in [2.75, 3.05) is 5.32 Å². The summed E-state index contributed by atoms with van der Waals surface area (Å²) in [6, 6.07) is 13.5. The maximum absolute atomic E-state index is 13.6. The second kappa shape index (κ2) is 11.9. The molecular formula is C27H32N4O5. The Bertz CT molecular complexity index is 1140. The zero-order valence-corrected chi connectivity index (χ0v) is 21.1. The van der Waals surface area contributed by atoms with Crippen molar-refractivity contribution in [3.05, 3.63) is 65.2 Å². The van der Waals surface area contributed by atoms with Crippen LogP contribution in [0.25, 0.3) is 0 Å². The number of nitrogens with one attached hydrogen (secondary N) is 2. The highest BCUT2D eigenvalue weighted by atomic mass is 16.6. The Morgan fingerprint density at radius 2 is 1.61 bits per heavy atom. The highest BCUT2D eigenvalue weighted by Crippen LogP contribution is 2.26. The second-order valence-corrected chi connectivity index (χ2v) is 9.28. The smallest absolute Gasteiger partial charge is 0.408 e. The maximum atomic E-state index is 13.6. The minimum atomic E-state index is -1.45. The monoisotopic (exact) mass is 492 g/mol. The third-order valence-corrected chi connectivity index (χ3v) is 5.12. The van der Waals surface area contributed by atoms with E-state index in [1.165, 1.54) is 0 Å². The molecule has 2 aromatic rings. The van der Waals surface area contributed by atoms with Crippen LogP contribution in [0.3, 0.4) is 0 Å². The Labute approximate surface area is 211 Å². The van der Waals surface area contributed by atoms with Crippen LogP contribution in [-0.2, 0) is 19.1 Å². The second-order valence-electron chi connectivity index (χ2n) is 9.28. The van der Waals surface area contributed by atoms with Crippen molar-refractivity contribution in [1.29, 1.82) is 0 Å². The minimum Gasteiger partial charge on any atom is -0.444 e. The first-order valence-corrected chi connectivity index (χ1v) is 11.3. The molecule has 4 N–H and O–H groups in total. The molecule has 2 rings (SSSR count). The molecule has 0 saturated heterocycles. The fraction of sp³-hybridized carbons (Fsp3) is 0.333. The van der Waals surface area contributed by atoms with E-state index >= 15 is 0 Å². The Kier molecular flexibility index (Phi) is 9.22. The van der Waals surface area contributed by atoms with Crippen molar-refractivity contribution < 1.29 is 23.9 Å². The summed E-state index contributed by atoms with van der Waals surface area (Å²) in [5.41, 5.74) is 7.15. The van der Waals surface area contributed by atoms with Gasteiger partial charge in [-0.25, -0.2) is 4.79 Å². The van der Waals surface area contributed by atoms with E-state index in [9.17, 15) is 19.2 Å². The van der Waals surface area contributed by atoms with E-state index in [0.29, 0.717) is 11.3 Å². The number of nitrogens with two attached hydrogens (primary N) is 1. The van der Waals surface area contributed by atoms with Crippen molar-refractivity contribution in [2.45, 2.75) is 58.7 Å². The molecule has 0 aliphatic rings. The lowest BCUT2D eigenvalue weighted by Gasteiger charge is -2.30. The van der Waals surface area contributed by atoms with E-state index in [-0.39, 0.29) is 0 Å². The van der Waals surface area contributed by atoms with Gasteiger partial charge in [-0.2, -0.15) is 0 Å². The van der Waals surface area contributed by atoms with Crippen LogP contribution in [0.1, 0.15) is 49.9 Å². The van der Waals surface area contributed by atoms with Crippen molar-refractivity contribution >= 4 is 29.5 Å². The van der Waals surface area contributed by atoms with Gasteiger partial charge in [-0.05, 0) is 51.3 Å². The van der Waals surface area contributed by atoms with Crippen LogP contribution in [0, 0.1) is 26.3 Å². The molecular weight excluding hydrogens is 460 g/mol. The van der Waals surface area contributed by atoms with Crippen LogP contribution in [-0.4, -0.2) is 40.4 Å². The number of anilines is 1. The van der Waals surface area contributed by atoms with Crippen LogP contribution in [0.5, 0.6) is 0 Å². The standard InChI is InChI=1S/C27H32N4O5/c1-7-31(25(34)20(16-21(28)32)29-26(35)36-27(4,5)6)23(19-14-9-8-10-15-19)24(33)30-22-17(2)12-11-13-18(22)3/h1,8-15,20,23H,16H2,2-6H3,(H2,28,32)(H,29,35)(H,30,33). The Hall–Kier alpha value is -4.32. The van der Waals surface area contributed by atoms with Crippen LogP contribution >= 0.6 is 0 Å². The van der Waals surface area contributed by atoms with Gasteiger partial charge >= 0.3 is 6.09 Å². The lowest BCUT2D eigenvalue weighted by molar-refractivity contribution is -0.138. The number of benzene rings is 2. The van der Waals surface area contributed by atoms with Gasteiger partial charge in [-0.15, -0.1) is 0 Å². The molecule has 4 amide bonds. The van der Waals surface area contributed by atoms with Gasteiger partial charge in [0, 0.05) is 11.7 Å². The third-order valence-electron chi connectivity index (χ3n) is 5.12. The summed E-state index contributed by atoms with van der Waals surface area (Å²) >= 11 is 0. The van der Waals surface area contributed by atoms with Gasteiger partial charge in [0.2, 0.25) is 5.91 Å². The number of carbonyl (C=O) groups is 4. The quantitative estimate of drug-likeness (QED) is 0.385. The molecule has 2 atom stereocenters. The maximum Gasteiger partial charge on any atom is 0.408 e. The van der Waals surface area contributed by atoms with Crippen LogP contribution in [0.4, 0.5) is 10.5 Å². The Morgan fingerprint density at radius 1 is 1.03 bits per heavy atom. The summed E-state index contributed by atoms with van der Waals surface area (Å²) < 4.78 is 5.21. The Morgan fingerprint density at radius 3 is 2.11 bits per heavy atom. The summed E-state index contributed by atoms with van der Waals surface area (Å²) in [6.45, 7) is 8.63. The summed E-state index contributed by atoms with van der Waals surface area (Å²) in [5, 5.41) is 5.22. The van der Waals surface area contributed by atoms with Crippen LogP contribution in [0.15, 0.2) is 48.5 Å². The SMILES string of the molecule is C#CN(C(=O)C(CC(N)=O)NC(=O)OC(C)(C)C)C(C(=O)Nc1c(C)cccc1C)c1ccccc1. The molecule has 9 nitrogen and oxygen atoms in total. The van der Waals surface area contributed by atoms with Crippen molar-refractivity contribution in [2.24, 2.45) is 5.73 Å². The van der Waals surface area contributed by atoms with Crippen LogP contribution in [0.2, 0.25) is 0 Å². The molecule has 2 unspecified atom stereocenters. The van der Waals surface area contributed by atoms with Gasteiger partial charge in [0.15, 0.2) is 0 Å². The topological polar surface area (TPSA) is 131 Å². The first-order chi connectivity index (χ1) is 16.8. The molecule has 190 valence electrons. The number of ether oxygens (including phenoxy) is 1. The average Bonchev–Trinajstić information content (AvgIpc) is 2.78. The zero-order chi connectivity index (χ0) is 27.0. The first kappa shape index (κ1) is 27.9. The number of rotatable bonds is 8. The highest BCUT2D eigenvalue weighted by Gasteiger charge is 2.36. The fourth-order valence-electron chi connectivity index (χ4n) is 3.54. The number of aryl methyl sites for hydroxylation is 2. The number of carbonyl (C=O) groups excluding carboxylic acids is 4. The molecule has 0 aliphatic heterocycles. The Balaban J connectivity index is 2.46. The average molecular weight is 493 g/mol. The van der Waals surface area contributed by atoms with E-state index < -0.39 is 47.9 Å². The summed E-state index contributed by atoms with van der Waals surface area (Å²) in [4.78, 5) is 52.0. The molecule has 0 bridgehead atoms. The fourth-order valence-corrected chi connectivity index (χ4v) is 3.54. The predicted molar refractivity (Wildman–Crippen MR) is 136 cm³/mol. The molecule has 0 aromatic heterocycles. The summed E-state index contributed by atoms with van der Waals surface area (Å²) in [5.74, 6) is -2.29. The van der Waals surface area contributed by atoms with Gasteiger partial charge < -0.3 is 21.1 Å². The van der Waals surface area contributed by atoms with Gasteiger partial charge in [0.05, 0.1) is 6.42 Å². The molecule has 0 fully saturated rings. The molecule has 2 aromatic carbocycles. The van der Waals surface area contributed by atoms with Crippen molar-refractivity contribution in [3.8, 4) is 12.5 Å². The molecule has 0 spiro atoms. The highest BCUT2D eigenvalue weighted by molar-refractivity contribution is 6.01. The van der Waals surface area contributed by atoms with Gasteiger partial charge in [0.25, 0.3) is 11.8 Å². The van der Waals surface area contributed by atoms with E-state index in [0.717, 1.165) is 16.0 Å². The number of amides is 4. The predicted octanol–water partition coefficient (Wildman–Crippen LogP) is 3.17. The molecule has 0 heterocycles. The summed E-state index contributed by atoms with van der Waals surface area (Å²) in [7, 11) is 0. The van der Waals surface area contributed by atoms with Crippen LogP contribution < -0.4 is 16.4 Å². The number of nitrogens with zero attached hydrogens (tertiary/aromatic N) is 1. The van der Waals surface area contributed by atoms with Crippen molar-refractivity contribution in [3.63, 3.8) is 0 Å². The number of hydrogen-bond donors (Lipinski definition) is 3. The zero-order valence-electron chi connectivity index (χ0n) is 21.1. The van der Waals surface area contributed by atoms with E-state index in [1.807, 2.05) is 32.0 Å². The number of alkyl carbamates (subject to hydrolysis) is 1. The molecule has 0 saturated carbocycles. The van der Waals surface area contributed by atoms with E-state index in [2.05, 4.69) is 16.7 Å². The lowest BCUT2D eigenvalue weighted by atomic mass is 10.0. The summed E-state index contributed by atoms with van der Waals surface area (Å²) in [6.07, 6.45) is 4.24. The minimum absolute atomic E-state index is 0.433.